The highest BCUT2D eigenvalue weighted by Crippen LogP contribution is 2.45. The van der Waals surface area contributed by atoms with Crippen LogP contribution in [0.15, 0.2) is 0 Å². The van der Waals surface area contributed by atoms with Crippen LogP contribution < -0.4 is 0 Å². The second-order valence-corrected chi connectivity index (χ2v) is 33.3. The van der Waals surface area contributed by atoms with E-state index in [2.05, 4.69) is 34.6 Å². The standard InChI is InChI=1S/C83H162O17P2/c1-6-9-12-15-18-21-24-27-37-42-47-52-57-62-67-81(86)94-73-79(100-83(88)69-64-59-54-49-44-39-34-32-30-29-31-33-36-40-45-50-55-60-65-76(4)5)75-98-102(91,92)96-71-77(84)70-95-101(89,90)97-74-78(72-93-80(85)66-61-56-51-46-41-35-26-23-20-17-14-11-8-3)99-82(87)68-63-58-53-48-43-38-28-25-22-19-16-13-10-7-2/h76-79,84H,6-75H2,1-5H3,(H,89,90)(H,91,92)/t77-,78+,79+/m0/s1. The molecule has 17 nitrogen and oxygen atoms in total. The van der Waals surface area contributed by atoms with Crippen LogP contribution in [0.25, 0.3) is 0 Å². The van der Waals surface area contributed by atoms with E-state index >= 15 is 0 Å². The van der Waals surface area contributed by atoms with Crippen LogP contribution in [-0.2, 0) is 65.4 Å². The van der Waals surface area contributed by atoms with Gasteiger partial charge in [0.25, 0.3) is 0 Å². The minimum absolute atomic E-state index is 0.109. The first-order valence-electron chi connectivity index (χ1n) is 43.1. The van der Waals surface area contributed by atoms with Gasteiger partial charge in [-0.15, -0.1) is 0 Å². The first-order valence-corrected chi connectivity index (χ1v) is 46.1. The van der Waals surface area contributed by atoms with Gasteiger partial charge in [-0.05, 0) is 31.6 Å². The molecule has 0 aromatic heterocycles. The lowest BCUT2D eigenvalue weighted by molar-refractivity contribution is -0.161. The van der Waals surface area contributed by atoms with Gasteiger partial charge in [0, 0.05) is 25.7 Å². The highest BCUT2D eigenvalue weighted by atomic mass is 31.2. The van der Waals surface area contributed by atoms with E-state index in [1.165, 1.54) is 270 Å². The smallest absolute Gasteiger partial charge is 0.462 e. The third-order valence-electron chi connectivity index (χ3n) is 19.5. The summed E-state index contributed by atoms with van der Waals surface area (Å²) in [7, 11) is -9.92. The Hall–Kier alpha value is -1.94. The van der Waals surface area contributed by atoms with Crippen molar-refractivity contribution in [2.24, 2.45) is 5.92 Å². The van der Waals surface area contributed by atoms with E-state index in [0.717, 1.165) is 95.8 Å². The van der Waals surface area contributed by atoms with E-state index in [0.29, 0.717) is 25.7 Å². The predicted octanol–water partition coefficient (Wildman–Crippen LogP) is 25.2. The fraction of sp³-hybridized carbons (Fsp3) is 0.952. The molecule has 0 rings (SSSR count). The van der Waals surface area contributed by atoms with Gasteiger partial charge in [0.2, 0.25) is 0 Å². The number of hydrogen-bond acceptors (Lipinski definition) is 15. The van der Waals surface area contributed by atoms with Crippen LogP contribution >= 0.6 is 15.6 Å². The Balaban J connectivity index is 5.23. The number of carbonyl (C=O) groups excluding carboxylic acids is 4. The molecule has 3 N–H and O–H groups in total. The Bertz CT molecular complexity index is 1940. The number of esters is 4. The van der Waals surface area contributed by atoms with Gasteiger partial charge in [0.05, 0.1) is 26.4 Å². The number of unbranched alkanes of at least 4 members (excludes halogenated alkanes) is 55. The van der Waals surface area contributed by atoms with E-state index in [9.17, 15) is 43.2 Å². The van der Waals surface area contributed by atoms with Gasteiger partial charge >= 0.3 is 39.5 Å². The van der Waals surface area contributed by atoms with E-state index < -0.39 is 97.5 Å². The molecule has 0 spiro atoms. The van der Waals surface area contributed by atoms with Crippen molar-refractivity contribution in [2.75, 3.05) is 39.6 Å². The lowest BCUT2D eigenvalue weighted by Crippen LogP contribution is -2.30. The third-order valence-corrected chi connectivity index (χ3v) is 21.4. The van der Waals surface area contributed by atoms with Crippen molar-refractivity contribution < 1.29 is 80.2 Å². The number of phosphoric acid groups is 2. The van der Waals surface area contributed by atoms with Gasteiger partial charge in [0.15, 0.2) is 12.2 Å². The number of rotatable bonds is 83. The molecule has 0 amide bonds. The summed E-state index contributed by atoms with van der Waals surface area (Å²) in [6.45, 7) is 7.39. The maximum Gasteiger partial charge on any atom is 0.472 e. The number of phosphoric ester groups is 2. The maximum absolute atomic E-state index is 13.1. The van der Waals surface area contributed by atoms with Crippen molar-refractivity contribution in [1.82, 2.24) is 0 Å². The van der Waals surface area contributed by atoms with E-state index in [4.69, 9.17) is 37.0 Å². The first kappa shape index (κ1) is 100. The van der Waals surface area contributed by atoms with Crippen molar-refractivity contribution in [3.8, 4) is 0 Å². The summed E-state index contributed by atoms with van der Waals surface area (Å²) in [6, 6.07) is 0. The molecule has 2 unspecified atom stereocenters. The molecule has 0 radical (unpaired) electrons. The molecule has 0 aliphatic heterocycles. The molecule has 5 atom stereocenters. The zero-order valence-corrected chi connectivity index (χ0v) is 68.5. The van der Waals surface area contributed by atoms with Crippen LogP contribution in [0.5, 0.6) is 0 Å². The van der Waals surface area contributed by atoms with Crippen LogP contribution in [0.2, 0.25) is 0 Å². The van der Waals surface area contributed by atoms with Gasteiger partial charge in [-0.2, -0.15) is 0 Å². The fourth-order valence-electron chi connectivity index (χ4n) is 12.9. The van der Waals surface area contributed by atoms with Crippen molar-refractivity contribution in [2.45, 2.75) is 464 Å². The molecular weight excluding hydrogens is 1330 g/mol. The van der Waals surface area contributed by atoms with Gasteiger partial charge in [-0.25, -0.2) is 9.13 Å². The Labute approximate surface area is 626 Å². The SMILES string of the molecule is CCCCCCCCCCCCCCCCC(=O)OC[C@H](COP(=O)(O)OC[C@@H](O)COP(=O)(O)OC[C@@H](COC(=O)CCCCCCCCCCCCCCC)OC(=O)CCCCCCCCCCCCCCCC)OC(=O)CCCCCCCCCCCCCCCCCCCCC(C)C. The second-order valence-electron chi connectivity index (χ2n) is 30.3. The molecule has 0 aliphatic rings. The lowest BCUT2D eigenvalue weighted by atomic mass is 10.0. The minimum Gasteiger partial charge on any atom is -0.462 e. The summed E-state index contributed by atoms with van der Waals surface area (Å²) in [6.07, 6.45) is 67.8. The van der Waals surface area contributed by atoms with Crippen LogP contribution in [-0.4, -0.2) is 96.7 Å². The summed E-state index contributed by atoms with van der Waals surface area (Å²) in [4.78, 5) is 73.1. The number of carbonyl (C=O) groups is 4. The Morgan fingerprint density at radius 2 is 0.451 bits per heavy atom. The number of aliphatic hydroxyl groups is 1. The van der Waals surface area contributed by atoms with Crippen molar-refractivity contribution in [1.29, 1.82) is 0 Å². The largest absolute Gasteiger partial charge is 0.472 e. The highest BCUT2D eigenvalue weighted by Gasteiger charge is 2.30. The predicted molar refractivity (Wildman–Crippen MR) is 418 cm³/mol. The topological polar surface area (TPSA) is 237 Å². The molecule has 0 aromatic rings. The normalized spacial score (nSPS) is 13.8. The van der Waals surface area contributed by atoms with Crippen LogP contribution in [0.1, 0.15) is 446 Å². The zero-order valence-electron chi connectivity index (χ0n) is 66.8. The van der Waals surface area contributed by atoms with Crippen LogP contribution in [0.3, 0.4) is 0 Å². The molecule has 0 saturated heterocycles. The maximum atomic E-state index is 13.1. The Morgan fingerprint density at radius 3 is 0.667 bits per heavy atom. The fourth-order valence-corrected chi connectivity index (χ4v) is 14.5. The molecule has 0 aromatic carbocycles. The highest BCUT2D eigenvalue weighted by molar-refractivity contribution is 7.47. The van der Waals surface area contributed by atoms with Gasteiger partial charge < -0.3 is 33.8 Å². The summed E-state index contributed by atoms with van der Waals surface area (Å²) >= 11 is 0. The summed E-state index contributed by atoms with van der Waals surface area (Å²) < 4.78 is 68.8. The molecular formula is C83H162O17P2. The molecule has 19 heteroatoms. The van der Waals surface area contributed by atoms with Crippen molar-refractivity contribution in [3.05, 3.63) is 0 Å². The molecule has 0 bridgehead atoms. The van der Waals surface area contributed by atoms with Gasteiger partial charge in [0.1, 0.15) is 19.3 Å². The first-order chi connectivity index (χ1) is 49.5. The van der Waals surface area contributed by atoms with E-state index in [1.54, 1.807) is 0 Å². The average molecular weight is 1490 g/mol. The van der Waals surface area contributed by atoms with Gasteiger partial charge in [-0.1, -0.05) is 394 Å². The minimum atomic E-state index is -4.96. The number of aliphatic hydroxyl groups excluding tert-OH is 1. The number of hydrogen-bond donors (Lipinski definition) is 3. The van der Waals surface area contributed by atoms with Crippen molar-refractivity contribution in [3.63, 3.8) is 0 Å². The Morgan fingerprint density at radius 1 is 0.265 bits per heavy atom. The molecule has 0 fully saturated rings. The monoisotopic (exact) mass is 1490 g/mol. The van der Waals surface area contributed by atoms with Crippen molar-refractivity contribution >= 4 is 39.5 Å². The van der Waals surface area contributed by atoms with E-state index in [1.807, 2.05) is 0 Å². The molecule has 0 aliphatic carbocycles. The van der Waals surface area contributed by atoms with Crippen LogP contribution in [0, 0.1) is 5.92 Å². The summed E-state index contributed by atoms with van der Waals surface area (Å²) in [5.74, 6) is -1.28. The van der Waals surface area contributed by atoms with E-state index in [-0.39, 0.29) is 25.7 Å². The van der Waals surface area contributed by atoms with Gasteiger partial charge in [-0.3, -0.25) is 37.3 Å². The lowest BCUT2D eigenvalue weighted by Gasteiger charge is -2.21. The summed E-state index contributed by atoms with van der Waals surface area (Å²) in [5.41, 5.74) is 0. The molecule has 0 saturated carbocycles. The molecule has 606 valence electrons. The number of ether oxygens (including phenoxy) is 4. The average Bonchev–Trinajstić information content (AvgIpc) is 0.922. The quantitative estimate of drug-likeness (QED) is 0.0222. The summed E-state index contributed by atoms with van der Waals surface area (Å²) in [5, 5.41) is 10.7. The molecule has 0 heterocycles. The Kier molecular flexibility index (Phi) is 74.4. The third kappa shape index (κ3) is 76.3. The molecule has 102 heavy (non-hydrogen) atoms. The zero-order chi connectivity index (χ0) is 74.8. The second kappa shape index (κ2) is 75.9. The van der Waals surface area contributed by atoms with Crippen LogP contribution in [0.4, 0.5) is 0 Å².